The lowest BCUT2D eigenvalue weighted by atomic mass is 9.96. The van der Waals surface area contributed by atoms with Gasteiger partial charge in [0.25, 0.3) is 11.8 Å². The van der Waals surface area contributed by atoms with Crippen LogP contribution in [0.25, 0.3) is 11.6 Å². The Morgan fingerprint density at radius 3 is 2.57 bits per heavy atom. The summed E-state index contributed by atoms with van der Waals surface area (Å²) in [6.45, 7) is 2.61. The fourth-order valence-electron chi connectivity index (χ4n) is 3.35. The molecule has 2 aromatic heterocycles. The van der Waals surface area contributed by atoms with Crippen molar-refractivity contribution in [2.75, 3.05) is 13.1 Å². The number of alkyl halides is 3. The molecule has 0 saturated carbocycles. The van der Waals surface area contributed by atoms with Gasteiger partial charge in [-0.05, 0) is 38.0 Å². The molecular weight excluding hydrogens is 399 g/mol. The second-order valence-corrected chi connectivity index (χ2v) is 7.13. The van der Waals surface area contributed by atoms with Crippen LogP contribution in [0, 0.1) is 6.92 Å². The van der Waals surface area contributed by atoms with E-state index in [-0.39, 0.29) is 17.4 Å². The summed E-state index contributed by atoms with van der Waals surface area (Å²) in [6, 6.07) is 4.49. The van der Waals surface area contributed by atoms with Crippen LogP contribution in [-0.4, -0.2) is 44.1 Å². The fourth-order valence-corrected chi connectivity index (χ4v) is 3.35. The van der Waals surface area contributed by atoms with Gasteiger partial charge < -0.3 is 9.32 Å². The van der Waals surface area contributed by atoms with Crippen molar-refractivity contribution in [1.29, 1.82) is 0 Å². The van der Waals surface area contributed by atoms with Crippen molar-refractivity contribution in [3.8, 4) is 11.6 Å². The Hall–Kier alpha value is -3.30. The Bertz CT molecular complexity index is 1040. The van der Waals surface area contributed by atoms with Gasteiger partial charge in [-0.25, -0.2) is 4.98 Å². The van der Waals surface area contributed by atoms with Crippen LogP contribution in [-0.2, 0) is 6.18 Å². The van der Waals surface area contributed by atoms with Crippen molar-refractivity contribution < 1.29 is 22.4 Å². The van der Waals surface area contributed by atoms with Crippen LogP contribution in [0.3, 0.4) is 0 Å². The number of likely N-dealkylation sites (tertiary alicyclic amines) is 1. The molecule has 3 aromatic rings. The second-order valence-electron chi connectivity index (χ2n) is 7.13. The van der Waals surface area contributed by atoms with E-state index in [4.69, 9.17) is 4.42 Å². The zero-order valence-corrected chi connectivity index (χ0v) is 16.1. The summed E-state index contributed by atoms with van der Waals surface area (Å²) in [5.74, 6) is 0.287. The summed E-state index contributed by atoms with van der Waals surface area (Å²) in [5.41, 5.74) is 0.454. The molecule has 0 spiro atoms. The van der Waals surface area contributed by atoms with E-state index in [2.05, 4.69) is 20.2 Å². The normalized spacial score (nSPS) is 15.4. The van der Waals surface area contributed by atoms with Crippen LogP contribution in [0.5, 0.6) is 0 Å². The minimum atomic E-state index is -4.49. The molecule has 1 fully saturated rings. The summed E-state index contributed by atoms with van der Waals surface area (Å²) in [6.07, 6.45) is -0.168. The highest BCUT2D eigenvalue weighted by Crippen LogP contribution is 2.31. The maximum absolute atomic E-state index is 12.9. The van der Waals surface area contributed by atoms with Gasteiger partial charge in [0.05, 0.1) is 17.5 Å². The summed E-state index contributed by atoms with van der Waals surface area (Å²) in [5, 5.41) is 8.11. The number of carbonyl (C=O) groups excluding carboxylic acids is 1. The lowest BCUT2D eigenvalue weighted by Crippen LogP contribution is -2.38. The molecule has 0 aliphatic carbocycles. The minimum Gasteiger partial charge on any atom is -0.419 e. The first kappa shape index (κ1) is 20.0. The molecule has 156 valence electrons. The Morgan fingerprint density at radius 1 is 1.13 bits per heavy atom. The summed E-state index contributed by atoms with van der Waals surface area (Å²) >= 11 is 0. The van der Waals surface area contributed by atoms with Gasteiger partial charge in [-0.1, -0.05) is 6.07 Å². The summed E-state index contributed by atoms with van der Waals surface area (Å²) < 4.78 is 44.4. The number of amides is 1. The third-order valence-electron chi connectivity index (χ3n) is 5.01. The standard InChI is InChI=1S/C20H18F3N5O2/c1-12-10-25-16(11-24-12)18-27-26-17(30-18)13-5-7-28(8-6-13)19(29)14-3-2-4-15(9-14)20(21,22)23/h2-4,9-11,13H,5-8H2,1H3. The molecular formula is C20H18F3N5O2. The third-order valence-corrected chi connectivity index (χ3v) is 5.01. The first-order valence-corrected chi connectivity index (χ1v) is 9.40. The van der Waals surface area contributed by atoms with Crippen molar-refractivity contribution in [2.24, 2.45) is 0 Å². The number of rotatable bonds is 3. The lowest BCUT2D eigenvalue weighted by Gasteiger charge is -2.30. The van der Waals surface area contributed by atoms with E-state index in [9.17, 15) is 18.0 Å². The highest BCUT2D eigenvalue weighted by Gasteiger charge is 2.32. The SMILES string of the molecule is Cc1cnc(-c2nnc(C3CCN(C(=O)c4cccc(C(F)(F)F)c4)CC3)o2)cn1. The van der Waals surface area contributed by atoms with Crippen LogP contribution in [0.1, 0.15) is 46.3 Å². The van der Waals surface area contributed by atoms with E-state index < -0.39 is 17.6 Å². The zero-order chi connectivity index (χ0) is 21.3. The van der Waals surface area contributed by atoms with Gasteiger partial charge in [-0.3, -0.25) is 9.78 Å². The largest absolute Gasteiger partial charge is 0.419 e. The fraction of sp³-hybridized carbons (Fsp3) is 0.350. The van der Waals surface area contributed by atoms with Crippen molar-refractivity contribution in [1.82, 2.24) is 25.1 Å². The average molecular weight is 417 g/mol. The number of piperidine rings is 1. The highest BCUT2D eigenvalue weighted by molar-refractivity contribution is 5.94. The number of halogens is 3. The molecule has 4 rings (SSSR count). The highest BCUT2D eigenvalue weighted by atomic mass is 19.4. The number of carbonyl (C=O) groups is 1. The van der Waals surface area contributed by atoms with Crippen LogP contribution < -0.4 is 0 Å². The zero-order valence-electron chi connectivity index (χ0n) is 16.1. The van der Waals surface area contributed by atoms with E-state index >= 15 is 0 Å². The van der Waals surface area contributed by atoms with Crippen molar-refractivity contribution in [3.63, 3.8) is 0 Å². The topological polar surface area (TPSA) is 85.0 Å². The van der Waals surface area contributed by atoms with E-state index in [1.54, 1.807) is 17.3 Å². The van der Waals surface area contributed by atoms with E-state index in [1.165, 1.54) is 12.1 Å². The molecule has 0 bridgehead atoms. The molecule has 1 aliphatic rings. The first-order chi connectivity index (χ1) is 14.3. The van der Waals surface area contributed by atoms with E-state index in [0.717, 1.165) is 17.8 Å². The maximum Gasteiger partial charge on any atom is 0.416 e. The number of hydrogen-bond acceptors (Lipinski definition) is 6. The van der Waals surface area contributed by atoms with Crippen molar-refractivity contribution >= 4 is 5.91 Å². The van der Waals surface area contributed by atoms with Gasteiger partial charge in [-0.2, -0.15) is 13.2 Å². The van der Waals surface area contributed by atoms with Crippen molar-refractivity contribution in [2.45, 2.75) is 31.9 Å². The van der Waals surface area contributed by atoms with Crippen molar-refractivity contribution in [3.05, 3.63) is 59.4 Å². The number of aromatic nitrogens is 4. The van der Waals surface area contributed by atoms with Crippen LogP contribution in [0.2, 0.25) is 0 Å². The third kappa shape index (κ3) is 4.17. The van der Waals surface area contributed by atoms with Crippen LogP contribution in [0.15, 0.2) is 41.1 Å². The molecule has 0 atom stereocenters. The van der Waals surface area contributed by atoms with E-state index in [0.29, 0.717) is 37.5 Å². The molecule has 1 amide bonds. The van der Waals surface area contributed by atoms with Gasteiger partial charge in [0.2, 0.25) is 5.89 Å². The first-order valence-electron chi connectivity index (χ1n) is 9.40. The molecule has 0 N–H and O–H groups in total. The van der Waals surface area contributed by atoms with Gasteiger partial charge in [0.15, 0.2) is 0 Å². The average Bonchev–Trinajstić information content (AvgIpc) is 3.24. The Kier molecular flexibility index (Phi) is 5.23. The Balaban J connectivity index is 1.41. The van der Waals surface area contributed by atoms with Crippen LogP contribution in [0.4, 0.5) is 13.2 Å². The number of hydrogen-bond donors (Lipinski definition) is 0. The maximum atomic E-state index is 12.9. The summed E-state index contributed by atoms with van der Waals surface area (Å²) in [7, 11) is 0. The Morgan fingerprint density at radius 2 is 1.90 bits per heavy atom. The van der Waals surface area contributed by atoms with Gasteiger partial charge in [0, 0.05) is 30.8 Å². The smallest absolute Gasteiger partial charge is 0.416 e. The predicted molar refractivity (Wildman–Crippen MR) is 99.4 cm³/mol. The minimum absolute atomic E-state index is 0.0290. The molecule has 10 heteroatoms. The van der Waals surface area contributed by atoms with E-state index in [1.807, 2.05) is 6.92 Å². The summed E-state index contributed by atoms with van der Waals surface area (Å²) in [4.78, 5) is 22.5. The number of aryl methyl sites for hydroxylation is 1. The Labute approximate surface area is 170 Å². The molecule has 30 heavy (non-hydrogen) atoms. The molecule has 3 heterocycles. The molecule has 0 radical (unpaired) electrons. The predicted octanol–water partition coefficient (Wildman–Crippen LogP) is 3.87. The van der Waals surface area contributed by atoms with Gasteiger partial charge in [-0.15, -0.1) is 10.2 Å². The van der Waals surface area contributed by atoms with Gasteiger partial charge in [0.1, 0.15) is 5.69 Å². The van der Waals surface area contributed by atoms with Gasteiger partial charge >= 0.3 is 6.18 Å². The molecule has 0 unspecified atom stereocenters. The quantitative estimate of drug-likeness (QED) is 0.643. The molecule has 1 saturated heterocycles. The number of nitrogens with zero attached hydrogens (tertiary/aromatic N) is 5. The molecule has 1 aromatic carbocycles. The van der Waals surface area contributed by atoms with Crippen LogP contribution >= 0.6 is 0 Å². The second kappa shape index (κ2) is 7.85. The molecule has 7 nitrogen and oxygen atoms in total. The monoisotopic (exact) mass is 417 g/mol. The molecule has 1 aliphatic heterocycles. The number of benzene rings is 1. The lowest BCUT2D eigenvalue weighted by molar-refractivity contribution is -0.137.